The maximum absolute atomic E-state index is 11.0. The molecule has 0 aliphatic heterocycles. The van der Waals surface area contributed by atoms with Crippen LogP contribution in [0.2, 0.25) is 0 Å². The average Bonchev–Trinajstić information content (AvgIpc) is 1.97. The molecule has 0 aromatic heterocycles. The Hall–Kier alpha value is 0.240. The first kappa shape index (κ1) is 10.2. The van der Waals surface area contributed by atoms with E-state index in [9.17, 15) is 4.21 Å². The summed E-state index contributed by atoms with van der Waals surface area (Å²) in [5, 5.41) is 1.88. The number of unbranched alkanes of at least 4 members (excludes halogenated alkanes) is 1. The molecule has 10 heavy (non-hydrogen) atoms. The second-order valence-electron chi connectivity index (χ2n) is 1.93. The fraction of sp³-hybridized carbons (Fsp3) is 0.714. The standard InChI is InChI=1S/C7H14OS2/c1-3-5-7-10(8)9-6-4-2/h4,6H,3,5,7H2,1-2H3. The monoisotopic (exact) mass is 178 g/mol. The summed E-state index contributed by atoms with van der Waals surface area (Å²) in [5.74, 6) is 0.825. The van der Waals surface area contributed by atoms with Crippen molar-refractivity contribution in [3.05, 3.63) is 11.5 Å². The Labute approximate surface area is 69.1 Å². The van der Waals surface area contributed by atoms with E-state index in [0.29, 0.717) is 0 Å². The van der Waals surface area contributed by atoms with E-state index in [4.69, 9.17) is 0 Å². The molecule has 0 spiro atoms. The van der Waals surface area contributed by atoms with Gasteiger partial charge >= 0.3 is 0 Å². The van der Waals surface area contributed by atoms with Crippen LogP contribution in [-0.4, -0.2) is 9.96 Å². The Morgan fingerprint density at radius 1 is 1.60 bits per heavy atom. The number of hydrogen-bond acceptors (Lipinski definition) is 2. The molecule has 60 valence electrons. The maximum atomic E-state index is 11.0. The smallest absolute Gasteiger partial charge is 0.0846 e. The third-order valence-corrected chi connectivity index (χ3v) is 3.66. The summed E-state index contributed by atoms with van der Waals surface area (Å²) in [7, 11) is 0.718. The van der Waals surface area contributed by atoms with Gasteiger partial charge in [-0.2, -0.15) is 0 Å². The van der Waals surface area contributed by atoms with Crippen LogP contribution in [0.25, 0.3) is 0 Å². The van der Waals surface area contributed by atoms with Crippen LogP contribution in [0.4, 0.5) is 0 Å². The number of rotatable bonds is 5. The number of allylic oxidation sites excluding steroid dienone is 1. The van der Waals surface area contributed by atoms with E-state index in [-0.39, 0.29) is 0 Å². The maximum Gasteiger partial charge on any atom is 0.0846 e. The van der Waals surface area contributed by atoms with Gasteiger partial charge in [0.15, 0.2) is 0 Å². The van der Waals surface area contributed by atoms with Gasteiger partial charge in [0.2, 0.25) is 0 Å². The van der Waals surface area contributed by atoms with Gasteiger partial charge in [0.1, 0.15) is 0 Å². The molecule has 0 heterocycles. The second kappa shape index (κ2) is 7.35. The zero-order valence-corrected chi connectivity index (χ0v) is 8.13. The third kappa shape index (κ3) is 6.36. The fourth-order valence-electron chi connectivity index (χ4n) is 0.428. The average molecular weight is 178 g/mol. The van der Waals surface area contributed by atoms with Gasteiger partial charge in [0, 0.05) is 5.75 Å². The largest absolute Gasteiger partial charge is 0.248 e. The first-order chi connectivity index (χ1) is 4.81. The summed E-state index contributed by atoms with van der Waals surface area (Å²) >= 11 is 0. The molecule has 0 saturated carbocycles. The molecule has 0 amide bonds. The summed E-state index contributed by atoms with van der Waals surface area (Å²) < 4.78 is 11.0. The van der Waals surface area contributed by atoms with Crippen LogP contribution in [0.15, 0.2) is 11.5 Å². The highest BCUT2D eigenvalue weighted by molar-refractivity contribution is 8.70. The SMILES string of the molecule is CC=CSS(=O)CCCC. The van der Waals surface area contributed by atoms with E-state index in [0.717, 1.165) is 18.6 Å². The Balaban J connectivity index is 3.25. The minimum atomic E-state index is -0.690. The van der Waals surface area contributed by atoms with E-state index >= 15 is 0 Å². The van der Waals surface area contributed by atoms with Crippen molar-refractivity contribution in [2.75, 3.05) is 5.75 Å². The zero-order chi connectivity index (χ0) is 7.82. The molecular formula is C7H14OS2. The zero-order valence-electron chi connectivity index (χ0n) is 6.50. The van der Waals surface area contributed by atoms with E-state index in [1.807, 2.05) is 18.4 Å². The van der Waals surface area contributed by atoms with Gasteiger partial charge < -0.3 is 0 Å². The van der Waals surface area contributed by atoms with Crippen LogP contribution in [0.1, 0.15) is 26.7 Å². The molecule has 0 rings (SSSR count). The molecule has 1 nitrogen and oxygen atoms in total. The summed E-state index contributed by atoms with van der Waals surface area (Å²) in [4.78, 5) is 0. The quantitative estimate of drug-likeness (QED) is 0.602. The van der Waals surface area contributed by atoms with Crippen molar-refractivity contribution in [2.24, 2.45) is 0 Å². The molecule has 0 aliphatic rings. The lowest BCUT2D eigenvalue weighted by Crippen LogP contribution is -1.88. The molecule has 0 aliphatic carbocycles. The van der Waals surface area contributed by atoms with E-state index in [1.165, 1.54) is 10.8 Å². The van der Waals surface area contributed by atoms with Crippen molar-refractivity contribution in [1.29, 1.82) is 0 Å². The Morgan fingerprint density at radius 2 is 2.30 bits per heavy atom. The van der Waals surface area contributed by atoms with Crippen LogP contribution >= 0.6 is 10.8 Å². The molecule has 1 unspecified atom stereocenters. The normalized spacial score (nSPS) is 14.2. The summed E-state index contributed by atoms with van der Waals surface area (Å²) in [6, 6.07) is 0. The predicted molar refractivity (Wildman–Crippen MR) is 50.3 cm³/mol. The van der Waals surface area contributed by atoms with Gasteiger partial charge in [0.05, 0.1) is 9.83 Å². The molecule has 0 fully saturated rings. The van der Waals surface area contributed by atoms with Gasteiger partial charge in [-0.3, -0.25) is 0 Å². The Morgan fingerprint density at radius 3 is 2.80 bits per heavy atom. The van der Waals surface area contributed by atoms with Crippen LogP contribution in [0.5, 0.6) is 0 Å². The Kier molecular flexibility index (Phi) is 7.52. The van der Waals surface area contributed by atoms with Crippen molar-refractivity contribution in [2.45, 2.75) is 26.7 Å². The van der Waals surface area contributed by atoms with E-state index in [1.54, 1.807) is 0 Å². The van der Waals surface area contributed by atoms with Crippen molar-refractivity contribution < 1.29 is 4.21 Å². The first-order valence-corrected chi connectivity index (χ1v) is 6.19. The van der Waals surface area contributed by atoms with Crippen molar-refractivity contribution >= 4 is 20.6 Å². The fourth-order valence-corrected chi connectivity index (χ4v) is 2.63. The van der Waals surface area contributed by atoms with Gasteiger partial charge in [-0.15, -0.1) is 0 Å². The van der Waals surface area contributed by atoms with Crippen molar-refractivity contribution in [3.8, 4) is 0 Å². The second-order valence-corrected chi connectivity index (χ2v) is 5.10. The first-order valence-electron chi connectivity index (χ1n) is 3.48. The number of hydrogen-bond donors (Lipinski definition) is 0. The molecule has 0 N–H and O–H groups in total. The van der Waals surface area contributed by atoms with Crippen LogP contribution in [0, 0.1) is 0 Å². The van der Waals surface area contributed by atoms with Crippen LogP contribution in [0.3, 0.4) is 0 Å². The third-order valence-electron chi connectivity index (χ3n) is 0.964. The Bertz CT molecular complexity index is 121. The molecule has 0 bridgehead atoms. The molecule has 0 aromatic rings. The molecule has 0 aromatic carbocycles. The predicted octanol–water partition coefficient (Wildman–Crippen LogP) is 2.72. The highest BCUT2D eigenvalue weighted by Gasteiger charge is 1.94. The molecule has 3 heteroatoms. The summed E-state index contributed by atoms with van der Waals surface area (Å²) in [6.07, 6.45) is 4.10. The minimum absolute atomic E-state index is 0.690. The van der Waals surface area contributed by atoms with Crippen molar-refractivity contribution in [3.63, 3.8) is 0 Å². The van der Waals surface area contributed by atoms with Gasteiger partial charge in [-0.05, 0) is 29.5 Å². The lowest BCUT2D eigenvalue weighted by Gasteiger charge is -1.93. The summed E-state index contributed by atoms with van der Waals surface area (Å²) in [5.41, 5.74) is 0. The topological polar surface area (TPSA) is 17.1 Å². The molecular weight excluding hydrogens is 164 g/mol. The molecule has 0 radical (unpaired) electrons. The van der Waals surface area contributed by atoms with Gasteiger partial charge in [0.25, 0.3) is 0 Å². The van der Waals surface area contributed by atoms with Gasteiger partial charge in [-0.25, -0.2) is 4.21 Å². The molecule has 0 saturated heterocycles. The van der Waals surface area contributed by atoms with E-state index < -0.39 is 9.83 Å². The highest BCUT2D eigenvalue weighted by Crippen LogP contribution is 2.10. The molecule has 1 atom stereocenters. The highest BCUT2D eigenvalue weighted by atomic mass is 33.1. The van der Waals surface area contributed by atoms with Gasteiger partial charge in [-0.1, -0.05) is 19.4 Å². The summed E-state index contributed by atoms with van der Waals surface area (Å²) in [6.45, 7) is 4.04. The van der Waals surface area contributed by atoms with Crippen molar-refractivity contribution in [1.82, 2.24) is 0 Å². The van der Waals surface area contributed by atoms with Crippen LogP contribution < -0.4 is 0 Å². The van der Waals surface area contributed by atoms with E-state index in [2.05, 4.69) is 6.92 Å². The lowest BCUT2D eigenvalue weighted by molar-refractivity contribution is 0.688. The van der Waals surface area contributed by atoms with Crippen LogP contribution in [-0.2, 0) is 9.83 Å². The minimum Gasteiger partial charge on any atom is -0.248 e. The lowest BCUT2D eigenvalue weighted by atomic mass is 10.4.